The van der Waals surface area contributed by atoms with Gasteiger partial charge in [-0.3, -0.25) is 9.69 Å². The number of nitrogens with one attached hydrogen (secondary N) is 1. The van der Waals surface area contributed by atoms with Gasteiger partial charge in [0.2, 0.25) is 0 Å². The molecule has 0 unspecified atom stereocenters. The summed E-state index contributed by atoms with van der Waals surface area (Å²) in [5.41, 5.74) is 0.608. The van der Waals surface area contributed by atoms with Crippen molar-refractivity contribution in [2.45, 2.75) is 26.4 Å². The third kappa shape index (κ3) is 6.21. The zero-order chi connectivity index (χ0) is 22.4. The molecule has 2 heterocycles. The van der Waals surface area contributed by atoms with Crippen LogP contribution in [-0.4, -0.2) is 83.6 Å². The van der Waals surface area contributed by atoms with Crippen molar-refractivity contribution in [3.8, 4) is 11.4 Å². The first-order valence-corrected chi connectivity index (χ1v) is 10.4. The summed E-state index contributed by atoms with van der Waals surface area (Å²) in [5, 5.41) is 7.29. The molecule has 1 N–H and O–H groups in total. The molecule has 1 aromatic carbocycles. The minimum Gasteiger partial charge on any atom is -0.493 e. The molecule has 3 rings (SSSR count). The Bertz CT molecular complexity index is 883. The number of methoxy groups -OCH3 is 1. The molecular formula is C22H31N5O4. The van der Waals surface area contributed by atoms with Gasteiger partial charge in [0.25, 0.3) is 5.91 Å². The van der Waals surface area contributed by atoms with Gasteiger partial charge in [0.05, 0.1) is 19.0 Å². The van der Waals surface area contributed by atoms with E-state index < -0.39 is 5.60 Å². The minimum absolute atomic E-state index is 0.251. The highest BCUT2D eigenvalue weighted by Crippen LogP contribution is 2.19. The molecule has 0 aliphatic carbocycles. The highest BCUT2D eigenvalue weighted by molar-refractivity contribution is 5.94. The quantitative estimate of drug-likeness (QED) is 0.757. The molecule has 2 aromatic rings. The Morgan fingerprint density at radius 1 is 1.10 bits per heavy atom. The summed E-state index contributed by atoms with van der Waals surface area (Å²) in [7, 11) is 1.52. The summed E-state index contributed by atoms with van der Waals surface area (Å²) in [5.74, 6) is 0.145. The molecule has 0 saturated carbocycles. The zero-order valence-corrected chi connectivity index (χ0v) is 18.6. The van der Waals surface area contributed by atoms with Crippen LogP contribution < -0.4 is 10.1 Å². The van der Waals surface area contributed by atoms with E-state index in [1.165, 1.54) is 7.11 Å². The summed E-state index contributed by atoms with van der Waals surface area (Å²) in [6, 6.07) is 9.55. The van der Waals surface area contributed by atoms with Crippen molar-refractivity contribution in [2.75, 3.05) is 46.4 Å². The van der Waals surface area contributed by atoms with Gasteiger partial charge in [-0.25, -0.2) is 9.48 Å². The van der Waals surface area contributed by atoms with E-state index in [1.54, 1.807) is 15.8 Å². The lowest BCUT2D eigenvalue weighted by Gasteiger charge is -2.35. The normalized spacial score (nSPS) is 14.9. The van der Waals surface area contributed by atoms with Crippen LogP contribution in [0.5, 0.6) is 5.75 Å². The van der Waals surface area contributed by atoms with Gasteiger partial charge in [-0.2, -0.15) is 5.10 Å². The molecule has 9 nitrogen and oxygen atoms in total. The van der Waals surface area contributed by atoms with Crippen molar-refractivity contribution in [1.29, 1.82) is 0 Å². The number of nitrogens with zero attached hydrogens (tertiary/aromatic N) is 4. The average molecular weight is 430 g/mol. The van der Waals surface area contributed by atoms with Crippen LogP contribution in [0.2, 0.25) is 0 Å². The van der Waals surface area contributed by atoms with E-state index in [-0.39, 0.29) is 17.7 Å². The molecule has 1 aliphatic heterocycles. The smallest absolute Gasteiger partial charge is 0.410 e. The number of aromatic nitrogens is 2. The number of para-hydroxylation sites is 1. The maximum Gasteiger partial charge on any atom is 0.410 e. The van der Waals surface area contributed by atoms with Gasteiger partial charge in [-0.05, 0) is 32.9 Å². The average Bonchev–Trinajstić information content (AvgIpc) is 3.18. The van der Waals surface area contributed by atoms with Crippen LogP contribution in [-0.2, 0) is 4.74 Å². The largest absolute Gasteiger partial charge is 0.493 e. The molecule has 1 saturated heterocycles. The second-order valence-electron chi connectivity index (χ2n) is 8.39. The highest BCUT2D eigenvalue weighted by Gasteiger charge is 2.26. The Labute approximate surface area is 182 Å². The molecule has 1 aliphatic rings. The zero-order valence-electron chi connectivity index (χ0n) is 18.6. The van der Waals surface area contributed by atoms with Gasteiger partial charge in [0, 0.05) is 39.3 Å². The Morgan fingerprint density at radius 2 is 1.77 bits per heavy atom. The topological polar surface area (TPSA) is 88.9 Å². The molecule has 9 heteroatoms. The second kappa shape index (κ2) is 9.82. The van der Waals surface area contributed by atoms with Crippen molar-refractivity contribution >= 4 is 12.0 Å². The number of rotatable bonds is 6. The summed E-state index contributed by atoms with van der Waals surface area (Å²) in [6.45, 7) is 9.45. The summed E-state index contributed by atoms with van der Waals surface area (Å²) in [4.78, 5) is 28.7. The lowest BCUT2D eigenvalue weighted by atomic mass is 10.2. The highest BCUT2D eigenvalue weighted by atomic mass is 16.6. The van der Waals surface area contributed by atoms with E-state index in [0.717, 1.165) is 18.8 Å². The third-order valence-electron chi connectivity index (χ3n) is 4.87. The second-order valence-corrected chi connectivity index (χ2v) is 8.39. The molecule has 1 aromatic heterocycles. The van der Waals surface area contributed by atoms with Crippen LogP contribution in [0.15, 0.2) is 36.5 Å². The van der Waals surface area contributed by atoms with E-state index in [0.29, 0.717) is 31.9 Å². The molecule has 0 atom stereocenters. The predicted molar refractivity (Wildman–Crippen MR) is 117 cm³/mol. The lowest BCUT2D eigenvalue weighted by molar-refractivity contribution is 0.0147. The van der Waals surface area contributed by atoms with E-state index in [1.807, 2.05) is 51.1 Å². The fraction of sp³-hybridized carbons (Fsp3) is 0.500. The number of benzene rings is 1. The number of carbonyl (C=O) groups is 2. The summed E-state index contributed by atoms with van der Waals surface area (Å²) >= 11 is 0. The third-order valence-corrected chi connectivity index (χ3v) is 4.87. The fourth-order valence-corrected chi connectivity index (χ4v) is 3.27. The Morgan fingerprint density at radius 3 is 2.39 bits per heavy atom. The van der Waals surface area contributed by atoms with E-state index in [2.05, 4.69) is 15.3 Å². The monoisotopic (exact) mass is 429 g/mol. The number of amides is 2. The molecule has 0 spiro atoms. The summed E-state index contributed by atoms with van der Waals surface area (Å²) < 4.78 is 12.4. The molecule has 1 fully saturated rings. The Balaban J connectivity index is 1.47. The van der Waals surface area contributed by atoms with Crippen molar-refractivity contribution in [1.82, 2.24) is 24.9 Å². The van der Waals surface area contributed by atoms with Crippen LogP contribution in [0, 0.1) is 0 Å². The first kappa shape index (κ1) is 22.6. The van der Waals surface area contributed by atoms with Crippen LogP contribution >= 0.6 is 0 Å². The van der Waals surface area contributed by atoms with E-state index in [9.17, 15) is 9.59 Å². The molecule has 31 heavy (non-hydrogen) atoms. The number of hydrogen-bond acceptors (Lipinski definition) is 6. The van der Waals surface area contributed by atoms with Crippen molar-refractivity contribution < 1.29 is 19.1 Å². The lowest BCUT2D eigenvalue weighted by Crippen LogP contribution is -2.51. The van der Waals surface area contributed by atoms with Gasteiger partial charge < -0.3 is 19.7 Å². The first-order chi connectivity index (χ1) is 14.8. The predicted octanol–water partition coefficient (Wildman–Crippen LogP) is 2.16. The molecule has 0 bridgehead atoms. The van der Waals surface area contributed by atoms with E-state index in [4.69, 9.17) is 9.47 Å². The van der Waals surface area contributed by atoms with Gasteiger partial charge in [-0.15, -0.1) is 0 Å². The molecular weight excluding hydrogens is 398 g/mol. The summed E-state index contributed by atoms with van der Waals surface area (Å²) in [6.07, 6.45) is 1.42. The Hall–Kier alpha value is -3.07. The Kier molecular flexibility index (Phi) is 7.17. The van der Waals surface area contributed by atoms with Gasteiger partial charge in [0.15, 0.2) is 11.4 Å². The SMILES string of the molecule is COc1cn(-c2ccccc2)nc1C(=O)NCCN1CCN(C(=O)OC(C)(C)C)CC1. The number of carbonyl (C=O) groups excluding carboxylic acids is 2. The van der Waals surface area contributed by atoms with Crippen molar-refractivity contribution in [3.05, 3.63) is 42.2 Å². The number of piperazine rings is 1. The maximum absolute atomic E-state index is 12.6. The molecule has 0 radical (unpaired) electrons. The van der Waals surface area contributed by atoms with Crippen LogP contribution in [0.4, 0.5) is 4.79 Å². The standard InChI is InChI=1S/C22H31N5O4/c1-22(2,3)31-21(29)26-14-12-25(13-15-26)11-10-23-20(28)19-18(30-4)16-27(24-19)17-8-6-5-7-9-17/h5-9,16H,10-15H2,1-4H3,(H,23,28). The van der Waals surface area contributed by atoms with Crippen LogP contribution in [0.1, 0.15) is 31.3 Å². The van der Waals surface area contributed by atoms with Gasteiger partial charge >= 0.3 is 6.09 Å². The maximum atomic E-state index is 12.6. The molecule has 2 amide bonds. The molecule has 168 valence electrons. The number of hydrogen-bond donors (Lipinski definition) is 1. The van der Waals surface area contributed by atoms with Crippen LogP contribution in [0.3, 0.4) is 0 Å². The van der Waals surface area contributed by atoms with Crippen LogP contribution in [0.25, 0.3) is 5.69 Å². The van der Waals surface area contributed by atoms with Gasteiger partial charge in [0.1, 0.15) is 5.60 Å². The van der Waals surface area contributed by atoms with Crippen molar-refractivity contribution in [3.63, 3.8) is 0 Å². The van der Waals surface area contributed by atoms with Crippen molar-refractivity contribution in [2.24, 2.45) is 0 Å². The van der Waals surface area contributed by atoms with Gasteiger partial charge in [-0.1, -0.05) is 18.2 Å². The van der Waals surface area contributed by atoms with E-state index >= 15 is 0 Å². The first-order valence-electron chi connectivity index (χ1n) is 10.4. The fourth-order valence-electron chi connectivity index (χ4n) is 3.27. The number of ether oxygens (including phenoxy) is 2. The minimum atomic E-state index is -0.493.